The molecule has 1 aliphatic heterocycles. The third kappa shape index (κ3) is 2.92. The van der Waals surface area contributed by atoms with E-state index in [0.717, 1.165) is 31.1 Å². The highest BCUT2D eigenvalue weighted by molar-refractivity contribution is 5.53. The molecule has 1 aromatic rings. The molecule has 0 aromatic heterocycles. The van der Waals surface area contributed by atoms with Crippen LogP contribution in [-0.2, 0) is 12.7 Å². The van der Waals surface area contributed by atoms with Crippen molar-refractivity contribution in [2.75, 3.05) is 11.4 Å². The second kappa shape index (κ2) is 5.64. The Bertz CT molecular complexity index is 469. The summed E-state index contributed by atoms with van der Waals surface area (Å²) in [6.45, 7) is 5.11. The molecule has 0 bridgehead atoms. The zero-order valence-electron chi connectivity index (χ0n) is 11.9. The Kier molecular flexibility index (Phi) is 4.28. The van der Waals surface area contributed by atoms with Gasteiger partial charge in [-0.05, 0) is 42.5 Å². The van der Waals surface area contributed by atoms with Gasteiger partial charge in [0.2, 0.25) is 0 Å². The summed E-state index contributed by atoms with van der Waals surface area (Å²) in [7, 11) is 0. The monoisotopic (exact) mass is 286 g/mol. The number of hydrogen-bond acceptors (Lipinski definition) is 2. The molecule has 1 saturated heterocycles. The number of nitrogens with two attached hydrogens (primary N) is 1. The molecule has 0 aliphatic carbocycles. The van der Waals surface area contributed by atoms with E-state index in [0.29, 0.717) is 12.0 Å². The lowest BCUT2D eigenvalue weighted by molar-refractivity contribution is -0.138. The molecule has 5 heteroatoms. The summed E-state index contributed by atoms with van der Waals surface area (Å²) < 4.78 is 38.6. The van der Waals surface area contributed by atoms with Crippen molar-refractivity contribution >= 4 is 5.69 Å². The Labute approximate surface area is 117 Å². The molecule has 112 valence electrons. The number of rotatable bonds is 3. The first kappa shape index (κ1) is 15.2. The number of nitrogens with zero attached hydrogens (tertiary/aromatic N) is 1. The normalized spacial score (nSPS) is 19.9. The Hall–Kier alpha value is -1.23. The molecular formula is C15H21F3N2. The molecule has 1 aliphatic rings. The van der Waals surface area contributed by atoms with Gasteiger partial charge in [-0.25, -0.2) is 0 Å². The van der Waals surface area contributed by atoms with Crippen molar-refractivity contribution in [3.05, 3.63) is 29.3 Å². The van der Waals surface area contributed by atoms with E-state index in [-0.39, 0.29) is 12.1 Å². The van der Waals surface area contributed by atoms with Crippen molar-refractivity contribution in [3.8, 4) is 0 Å². The van der Waals surface area contributed by atoms with E-state index in [1.165, 1.54) is 0 Å². The van der Waals surface area contributed by atoms with Crippen LogP contribution in [0.5, 0.6) is 0 Å². The standard InChI is InChI=1S/C15H21F3N2/c1-10(2)14-4-3-7-20(14)12-5-6-13(15(16,17)18)11(8-12)9-19/h5-6,8,10,14H,3-4,7,9,19H2,1-2H3. The van der Waals surface area contributed by atoms with Gasteiger partial charge in [0.1, 0.15) is 0 Å². The molecule has 0 spiro atoms. The Morgan fingerprint density at radius 2 is 2.05 bits per heavy atom. The minimum Gasteiger partial charge on any atom is -0.368 e. The Morgan fingerprint density at radius 3 is 2.60 bits per heavy atom. The van der Waals surface area contributed by atoms with Gasteiger partial charge in [0, 0.05) is 24.8 Å². The van der Waals surface area contributed by atoms with Crippen LogP contribution in [0.2, 0.25) is 0 Å². The van der Waals surface area contributed by atoms with Gasteiger partial charge in [-0.2, -0.15) is 13.2 Å². The van der Waals surface area contributed by atoms with Crippen LogP contribution in [0.1, 0.15) is 37.8 Å². The van der Waals surface area contributed by atoms with Crippen LogP contribution in [0.3, 0.4) is 0 Å². The first-order chi connectivity index (χ1) is 9.34. The Balaban J connectivity index is 2.35. The summed E-state index contributed by atoms with van der Waals surface area (Å²) in [5.74, 6) is 0.487. The van der Waals surface area contributed by atoms with Crippen LogP contribution in [-0.4, -0.2) is 12.6 Å². The molecule has 2 rings (SSSR count). The van der Waals surface area contributed by atoms with Gasteiger partial charge in [-0.3, -0.25) is 0 Å². The molecule has 0 saturated carbocycles. The maximum Gasteiger partial charge on any atom is 0.416 e. The van der Waals surface area contributed by atoms with Crippen molar-refractivity contribution in [1.29, 1.82) is 0 Å². The van der Waals surface area contributed by atoms with Gasteiger partial charge in [0.05, 0.1) is 5.56 Å². The van der Waals surface area contributed by atoms with Crippen LogP contribution < -0.4 is 10.6 Å². The van der Waals surface area contributed by atoms with Gasteiger partial charge in [-0.1, -0.05) is 13.8 Å². The fraction of sp³-hybridized carbons (Fsp3) is 0.600. The largest absolute Gasteiger partial charge is 0.416 e. The minimum atomic E-state index is -4.34. The van der Waals surface area contributed by atoms with E-state index >= 15 is 0 Å². The summed E-state index contributed by atoms with van der Waals surface area (Å²) >= 11 is 0. The Morgan fingerprint density at radius 1 is 1.35 bits per heavy atom. The molecule has 20 heavy (non-hydrogen) atoms. The van der Waals surface area contributed by atoms with E-state index < -0.39 is 11.7 Å². The number of halogens is 3. The highest BCUT2D eigenvalue weighted by atomic mass is 19.4. The smallest absolute Gasteiger partial charge is 0.368 e. The average molecular weight is 286 g/mol. The van der Waals surface area contributed by atoms with E-state index in [4.69, 9.17) is 5.73 Å². The van der Waals surface area contributed by atoms with Crippen LogP contribution in [0, 0.1) is 5.92 Å². The molecule has 1 fully saturated rings. The SMILES string of the molecule is CC(C)C1CCCN1c1ccc(C(F)(F)F)c(CN)c1. The molecule has 2 N–H and O–H groups in total. The summed E-state index contributed by atoms with van der Waals surface area (Å²) in [5.41, 5.74) is 5.90. The third-order valence-corrected chi connectivity index (χ3v) is 4.01. The van der Waals surface area contributed by atoms with E-state index in [9.17, 15) is 13.2 Å². The summed E-state index contributed by atoms with van der Waals surface area (Å²) in [4.78, 5) is 2.21. The lowest BCUT2D eigenvalue weighted by Gasteiger charge is -2.30. The predicted octanol–water partition coefficient (Wildman–Crippen LogP) is 3.79. The van der Waals surface area contributed by atoms with E-state index in [1.807, 2.05) is 0 Å². The van der Waals surface area contributed by atoms with Gasteiger partial charge < -0.3 is 10.6 Å². The number of anilines is 1. The highest BCUT2D eigenvalue weighted by Gasteiger charge is 2.34. The van der Waals surface area contributed by atoms with Gasteiger partial charge >= 0.3 is 6.18 Å². The van der Waals surface area contributed by atoms with Gasteiger partial charge in [0.25, 0.3) is 0 Å². The lowest BCUT2D eigenvalue weighted by atomic mass is 10.0. The maximum absolute atomic E-state index is 12.9. The van der Waals surface area contributed by atoms with Crippen LogP contribution in [0.4, 0.5) is 18.9 Å². The number of benzene rings is 1. The molecule has 1 unspecified atom stereocenters. The fourth-order valence-electron chi connectivity index (χ4n) is 3.01. The molecule has 1 atom stereocenters. The topological polar surface area (TPSA) is 29.3 Å². The van der Waals surface area contributed by atoms with Crippen molar-refractivity contribution in [1.82, 2.24) is 0 Å². The highest BCUT2D eigenvalue weighted by Crippen LogP contribution is 2.36. The van der Waals surface area contributed by atoms with Gasteiger partial charge in [-0.15, -0.1) is 0 Å². The zero-order valence-corrected chi connectivity index (χ0v) is 11.9. The molecule has 0 radical (unpaired) electrons. The quantitative estimate of drug-likeness (QED) is 0.916. The third-order valence-electron chi connectivity index (χ3n) is 4.01. The molecule has 2 nitrogen and oxygen atoms in total. The molecule has 1 heterocycles. The second-order valence-electron chi connectivity index (χ2n) is 5.69. The summed E-state index contributed by atoms with van der Waals surface area (Å²) in [6.07, 6.45) is -2.16. The lowest BCUT2D eigenvalue weighted by Crippen LogP contribution is -2.33. The summed E-state index contributed by atoms with van der Waals surface area (Å²) in [5, 5.41) is 0. The van der Waals surface area contributed by atoms with E-state index in [1.54, 1.807) is 12.1 Å². The van der Waals surface area contributed by atoms with Crippen molar-refractivity contribution in [2.24, 2.45) is 11.7 Å². The fourth-order valence-corrected chi connectivity index (χ4v) is 3.01. The van der Waals surface area contributed by atoms with Crippen LogP contribution in [0.25, 0.3) is 0 Å². The zero-order chi connectivity index (χ0) is 14.9. The van der Waals surface area contributed by atoms with Gasteiger partial charge in [0.15, 0.2) is 0 Å². The summed E-state index contributed by atoms with van der Waals surface area (Å²) in [6, 6.07) is 4.73. The van der Waals surface area contributed by atoms with Crippen molar-refractivity contribution in [3.63, 3.8) is 0 Å². The number of hydrogen-bond donors (Lipinski definition) is 1. The number of alkyl halides is 3. The maximum atomic E-state index is 12.9. The van der Waals surface area contributed by atoms with Crippen LogP contribution >= 0.6 is 0 Å². The predicted molar refractivity (Wildman–Crippen MR) is 74.5 cm³/mol. The molecule has 0 amide bonds. The molecule has 1 aromatic carbocycles. The average Bonchev–Trinajstić information content (AvgIpc) is 2.86. The van der Waals surface area contributed by atoms with Crippen molar-refractivity contribution < 1.29 is 13.2 Å². The first-order valence-electron chi connectivity index (χ1n) is 7.01. The second-order valence-corrected chi connectivity index (χ2v) is 5.69. The van der Waals surface area contributed by atoms with Crippen molar-refractivity contribution in [2.45, 2.75) is 45.5 Å². The van der Waals surface area contributed by atoms with E-state index in [2.05, 4.69) is 18.7 Å². The first-order valence-corrected chi connectivity index (χ1v) is 7.01. The van der Waals surface area contributed by atoms with Crippen LogP contribution in [0.15, 0.2) is 18.2 Å². The molecular weight excluding hydrogens is 265 g/mol. The minimum absolute atomic E-state index is 0.0944.